The maximum atomic E-state index is 15.0. The zero-order valence-electron chi connectivity index (χ0n) is 24.7. The highest BCUT2D eigenvalue weighted by atomic mass is 28.4. The van der Waals surface area contributed by atoms with E-state index in [0.29, 0.717) is 13.0 Å². The molecule has 5 nitrogen and oxygen atoms in total. The molecule has 2 atom stereocenters. The van der Waals surface area contributed by atoms with E-state index in [0.717, 1.165) is 17.5 Å². The summed E-state index contributed by atoms with van der Waals surface area (Å²) < 4.78 is 5.69. The number of nitrogens with zero attached hydrogens (tertiary/aromatic N) is 2. The minimum absolute atomic E-state index is 0.0666. The quantitative estimate of drug-likeness (QED) is 0.211. The molecular weight excluding hydrogens is 529 g/mol. The highest BCUT2D eigenvalue weighted by Crippen LogP contribution is 2.50. The van der Waals surface area contributed by atoms with Crippen LogP contribution in [0.15, 0.2) is 91.0 Å². The molecule has 2 fully saturated rings. The Morgan fingerprint density at radius 1 is 0.775 bits per heavy atom. The van der Waals surface area contributed by atoms with Gasteiger partial charge in [0.25, 0.3) is 5.91 Å². The lowest BCUT2D eigenvalue weighted by molar-refractivity contribution is -0.166. The van der Waals surface area contributed by atoms with Gasteiger partial charge in [-0.15, -0.1) is 0 Å². The molecule has 0 aromatic heterocycles. The number of amides is 2. The third-order valence-corrected chi connectivity index (χ3v) is 19.5. The van der Waals surface area contributed by atoms with Crippen LogP contribution in [0.3, 0.4) is 0 Å². The number of rotatable bonds is 9. The summed E-state index contributed by atoms with van der Waals surface area (Å²) in [5, 5.41) is 0. The van der Waals surface area contributed by atoms with Gasteiger partial charge < -0.3 is 9.64 Å². The minimum Gasteiger partial charge on any atom is -0.447 e. The van der Waals surface area contributed by atoms with Gasteiger partial charge in [0.1, 0.15) is 12.1 Å². The van der Waals surface area contributed by atoms with Crippen molar-refractivity contribution in [2.24, 2.45) is 0 Å². The van der Waals surface area contributed by atoms with E-state index in [9.17, 15) is 4.79 Å². The molecule has 2 aliphatic rings. The molecule has 0 radical (unpaired) electrons. The Kier molecular flexibility index (Phi) is 7.34. The van der Waals surface area contributed by atoms with Crippen molar-refractivity contribution in [1.29, 1.82) is 0 Å². The van der Waals surface area contributed by atoms with Crippen molar-refractivity contribution < 1.29 is 14.3 Å². The van der Waals surface area contributed by atoms with Crippen molar-refractivity contribution in [3.63, 3.8) is 0 Å². The summed E-state index contributed by atoms with van der Waals surface area (Å²) in [4.78, 5) is 32.3. The van der Waals surface area contributed by atoms with Crippen LogP contribution in [0.4, 0.5) is 4.79 Å². The first-order valence-electron chi connectivity index (χ1n) is 14.3. The first kappa shape index (κ1) is 28.4. The van der Waals surface area contributed by atoms with Gasteiger partial charge in [0.05, 0.1) is 28.7 Å². The number of hydrogen-bond acceptors (Lipinski definition) is 3. The van der Waals surface area contributed by atoms with Crippen molar-refractivity contribution in [3.05, 3.63) is 108 Å². The Morgan fingerprint density at radius 3 is 1.77 bits per heavy atom. The summed E-state index contributed by atoms with van der Waals surface area (Å²) in [6.07, 6.45) is 0.923. The second-order valence-corrected chi connectivity index (χ2v) is 24.6. The van der Waals surface area contributed by atoms with Crippen molar-refractivity contribution >= 4 is 28.1 Å². The molecule has 3 aromatic rings. The lowest BCUT2D eigenvalue weighted by Crippen LogP contribution is -2.87. The molecule has 0 N–H and O–H groups in total. The maximum absolute atomic E-state index is 15.0. The maximum Gasteiger partial charge on any atom is 0.411 e. The van der Waals surface area contributed by atoms with Gasteiger partial charge in [0, 0.05) is 11.2 Å². The molecule has 7 heteroatoms. The number of benzene rings is 3. The average molecular weight is 571 g/mol. The number of β-lactam (4-membered cyclic amide) rings is 1. The van der Waals surface area contributed by atoms with E-state index in [1.54, 1.807) is 4.90 Å². The Balaban J connectivity index is 1.63. The van der Waals surface area contributed by atoms with E-state index in [-0.39, 0.29) is 23.3 Å². The largest absolute Gasteiger partial charge is 0.447 e. The Morgan fingerprint density at radius 2 is 1.27 bits per heavy atom. The Bertz CT molecular complexity index is 1340. The molecule has 0 aliphatic carbocycles. The topological polar surface area (TPSA) is 49.9 Å². The second kappa shape index (κ2) is 10.3. The Labute approximate surface area is 241 Å². The number of ether oxygens (including phenoxy) is 1. The number of carbonyl (C=O) groups is 2. The Hall–Kier alpha value is -3.17. The van der Waals surface area contributed by atoms with Crippen molar-refractivity contribution in [2.45, 2.75) is 68.5 Å². The van der Waals surface area contributed by atoms with Crippen LogP contribution in [-0.2, 0) is 22.4 Å². The molecule has 3 aromatic carbocycles. The minimum atomic E-state index is -1.99. The van der Waals surface area contributed by atoms with Gasteiger partial charge in [-0.25, -0.2) is 4.79 Å². The van der Waals surface area contributed by atoms with Crippen LogP contribution in [0.25, 0.3) is 0 Å². The summed E-state index contributed by atoms with van der Waals surface area (Å²) in [5.41, 5.74) is 2.33. The number of hydrogen-bond donors (Lipinski definition) is 0. The molecule has 5 rings (SSSR count). The van der Waals surface area contributed by atoms with E-state index >= 15 is 4.79 Å². The molecule has 210 valence electrons. The van der Waals surface area contributed by atoms with E-state index in [1.165, 1.54) is 5.56 Å². The van der Waals surface area contributed by atoms with E-state index in [1.807, 2.05) is 48.5 Å². The summed E-state index contributed by atoms with van der Waals surface area (Å²) >= 11 is 0. The summed E-state index contributed by atoms with van der Waals surface area (Å²) in [5.74, 6) is 0.0666. The first-order chi connectivity index (χ1) is 18.9. The van der Waals surface area contributed by atoms with Crippen LogP contribution in [0.5, 0.6) is 0 Å². The first-order valence-corrected chi connectivity index (χ1v) is 21.3. The molecule has 40 heavy (non-hydrogen) atoms. The summed E-state index contributed by atoms with van der Waals surface area (Å²) in [6, 6.07) is 30.4. The van der Waals surface area contributed by atoms with Gasteiger partial charge in [0.15, 0.2) is 0 Å². The van der Waals surface area contributed by atoms with Gasteiger partial charge in [-0.3, -0.25) is 9.69 Å². The van der Waals surface area contributed by atoms with Gasteiger partial charge in [-0.1, -0.05) is 130 Å². The second-order valence-electron chi connectivity index (χ2n) is 13.5. The predicted octanol–water partition coefficient (Wildman–Crippen LogP) is 6.74. The molecule has 2 aliphatic heterocycles. The van der Waals surface area contributed by atoms with Crippen LogP contribution < -0.4 is 0 Å². The van der Waals surface area contributed by atoms with Gasteiger partial charge >= 0.3 is 6.09 Å². The summed E-state index contributed by atoms with van der Waals surface area (Å²) in [7, 11) is -3.98. The smallest absolute Gasteiger partial charge is 0.411 e. The number of cyclic esters (lactones) is 1. The monoisotopic (exact) mass is 570 g/mol. The SMILES string of the molecule is C[Si](C)(C)C(Cc1ccccc1)(N1C[C@@](Cc2ccccc2)(N2C(=O)OC[C@@H]2c2ccccc2)C1=O)[Si](C)(C)C. The molecular formula is C33H42N2O3Si2. The summed E-state index contributed by atoms with van der Waals surface area (Å²) in [6.45, 7) is 15.2. The van der Waals surface area contributed by atoms with Gasteiger partial charge in [-0.05, 0) is 23.1 Å². The van der Waals surface area contributed by atoms with E-state index in [4.69, 9.17) is 4.74 Å². The van der Waals surface area contributed by atoms with Crippen molar-refractivity contribution in [2.75, 3.05) is 13.2 Å². The molecule has 0 bridgehead atoms. The van der Waals surface area contributed by atoms with Crippen molar-refractivity contribution in [1.82, 2.24) is 9.80 Å². The van der Waals surface area contributed by atoms with Gasteiger partial charge in [-0.2, -0.15) is 0 Å². The third-order valence-electron chi connectivity index (χ3n) is 9.17. The van der Waals surface area contributed by atoms with E-state index < -0.39 is 27.8 Å². The highest BCUT2D eigenvalue weighted by molar-refractivity contribution is 6.99. The zero-order chi connectivity index (χ0) is 28.8. The fourth-order valence-corrected chi connectivity index (χ4v) is 19.9. The molecule has 0 spiro atoms. The van der Waals surface area contributed by atoms with Crippen LogP contribution in [0, 0.1) is 0 Å². The zero-order valence-corrected chi connectivity index (χ0v) is 26.7. The number of carbonyl (C=O) groups excluding carboxylic acids is 2. The molecule has 0 unspecified atom stereocenters. The lowest BCUT2D eigenvalue weighted by atomic mass is 9.79. The van der Waals surface area contributed by atoms with Crippen LogP contribution in [0.1, 0.15) is 22.7 Å². The van der Waals surface area contributed by atoms with Crippen molar-refractivity contribution in [3.8, 4) is 0 Å². The standard InChI is InChI=1S/C33H42N2O3Si2/c1-39(2,3)33(40(4,5)6,23-27-18-12-8-13-19-27)34-25-32(30(34)36,22-26-16-10-7-11-17-26)35-29(24-38-31(35)37)28-20-14-9-15-21-28/h7-21,29H,22-25H2,1-6H3/t29-,32-/m1/s1. The molecule has 2 amide bonds. The molecule has 0 saturated carbocycles. The van der Waals surface area contributed by atoms with Crippen LogP contribution in [-0.4, -0.2) is 61.4 Å². The van der Waals surface area contributed by atoms with Gasteiger partial charge in [0.2, 0.25) is 0 Å². The molecule has 2 saturated heterocycles. The third kappa shape index (κ3) is 4.63. The van der Waals surface area contributed by atoms with Crippen LogP contribution in [0.2, 0.25) is 39.3 Å². The average Bonchev–Trinajstić information content (AvgIpc) is 3.31. The van der Waals surface area contributed by atoms with Crippen LogP contribution >= 0.6 is 0 Å². The lowest BCUT2D eigenvalue weighted by Gasteiger charge is -2.67. The van der Waals surface area contributed by atoms with E-state index in [2.05, 4.69) is 86.6 Å². The fourth-order valence-electron chi connectivity index (χ4n) is 7.47. The normalized spacial score (nSPS) is 21.8. The fraction of sp³-hybridized carbons (Fsp3) is 0.394. The molecule has 2 heterocycles. The number of likely N-dealkylation sites (tertiary alicyclic amines) is 1. The predicted molar refractivity (Wildman–Crippen MR) is 167 cm³/mol. The highest BCUT2D eigenvalue weighted by Gasteiger charge is 2.69.